The molecular formula is C18H24N4O. The standard InChI is InChI=1S/C18H24N4O/c1-3-22-17-7-6-14(10-16(17)20-21-22)18(23)19-11(2)15-9-12-4-5-13(15)8-12/h6-7,10-13,15H,3-5,8-9H2,1-2H3,(H,19,23). The van der Waals surface area contributed by atoms with E-state index in [1.54, 1.807) is 0 Å². The molecule has 4 rings (SSSR count). The molecule has 2 fully saturated rings. The van der Waals surface area contributed by atoms with Crippen molar-refractivity contribution in [3.8, 4) is 0 Å². The van der Waals surface area contributed by atoms with Crippen LogP contribution in [0.1, 0.15) is 49.9 Å². The minimum atomic E-state index is 0.00761. The zero-order chi connectivity index (χ0) is 16.0. The van der Waals surface area contributed by atoms with Crippen molar-refractivity contribution in [2.45, 2.75) is 52.1 Å². The first-order chi connectivity index (χ1) is 11.2. The Morgan fingerprint density at radius 1 is 1.39 bits per heavy atom. The van der Waals surface area contributed by atoms with Gasteiger partial charge in [-0.05, 0) is 69.1 Å². The fourth-order valence-electron chi connectivity index (χ4n) is 4.65. The average Bonchev–Trinajstić information content (AvgIpc) is 3.28. The SMILES string of the molecule is CCn1nnc2cc(C(=O)NC(C)C3CC4CCC3C4)ccc21. The van der Waals surface area contributed by atoms with E-state index in [9.17, 15) is 4.79 Å². The lowest BCUT2D eigenvalue weighted by Gasteiger charge is -2.28. The van der Waals surface area contributed by atoms with Crippen LogP contribution in [-0.4, -0.2) is 26.9 Å². The number of aryl methyl sites for hydroxylation is 1. The molecule has 122 valence electrons. The Morgan fingerprint density at radius 2 is 2.26 bits per heavy atom. The van der Waals surface area contributed by atoms with Crippen LogP contribution >= 0.6 is 0 Å². The van der Waals surface area contributed by atoms with Crippen molar-refractivity contribution in [3.63, 3.8) is 0 Å². The summed E-state index contributed by atoms with van der Waals surface area (Å²) in [5, 5.41) is 11.5. The molecule has 2 saturated carbocycles. The van der Waals surface area contributed by atoms with Crippen molar-refractivity contribution < 1.29 is 4.79 Å². The largest absolute Gasteiger partial charge is 0.349 e. The van der Waals surface area contributed by atoms with Gasteiger partial charge in [0.15, 0.2) is 0 Å². The van der Waals surface area contributed by atoms with Crippen LogP contribution in [0.3, 0.4) is 0 Å². The van der Waals surface area contributed by atoms with Crippen molar-refractivity contribution in [2.24, 2.45) is 17.8 Å². The first-order valence-corrected chi connectivity index (χ1v) is 8.79. The maximum absolute atomic E-state index is 12.6. The smallest absolute Gasteiger partial charge is 0.251 e. The van der Waals surface area contributed by atoms with E-state index < -0.39 is 0 Å². The molecule has 1 heterocycles. The molecule has 0 spiro atoms. The number of amides is 1. The Labute approximate surface area is 136 Å². The summed E-state index contributed by atoms with van der Waals surface area (Å²) < 4.78 is 1.84. The predicted octanol–water partition coefficient (Wildman–Crippen LogP) is 3.01. The van der Waals surface area contributed by atoms with Gasteiger partial charge in [-0.15, -0.1) is 5.10 Å². The zero-order valence-corrected chi connectivity index (χ0v) is 13.8. The molecular weight excluding hydrogens is 288 g/mol. The van der Waals surface area contributed by atoms with Gasteiger partial charge in [-0.25, -0.2) is 4.68 Å². The second kappa shape index (κ2) is 5.62. The van der Waals surface area contributed by atoms with Gasteiger partial charge in [0.2, 0.25) is 0 Å². The monoisotopic (exact) mass is 312 g/mol. The van der Waals surface area contributed by atoms with E-state index in [1.807, 2.05) is 29.8 Å². The van der Waals surface area contributed by atoms with Gasteiger partial charge in [-0.1, -0.05) is 11.6 Å². The van der Waals surface area contributed by atoms with Gasteiger partial charge in [-0.3, -0.25) is 4.79 Å². The van der Waals surface area contributed by atoms with Crippen LogP contribution in [0.5, 0.6) is 0 Å². The fraction of sp³-hybridized carbons (Fsp3) is 0.611. The molecule has 0 saturated heterocycles. The van der Waals surface area contributed by atoms with Crippen LogP contribution in [0.25, 0.3) is 11.0 Å². The first-order valence-electron chi connectivity index (χ1n) is 8.79. The summed E-state index contributed by atoms with van der Waals surface area (Å²) >= 11 is 0. The Hall–Kier alpha value is -1.91. The molecule has 2 aromatic rings. The van der Waals surface area contributed by atoms with Gasteiger partial charge < -0.3 is 5.32 Å². The lowest BCUT2D eigenvalue weighted by atomic mass is 9.84. The Kier molecular flexibility index (Phi) is 3.58. The number of hydrogen-bond donors (Lipinski definition) is 1. The molecule has 2 aliphatic carbocycles. The highest BCUT2D eigenvalue weighted by molar-refractivity contribution is 5.97. The molecule has 4 unspecified atom stereocenters. The molecule has 0 aliphatic heterocycles. The molecule has 5 heteroatoms. The summed E-state index contributed by atoms with van der Waals surface area (Å²) in [7, 11) is 0. The summed E-state index contributed by atoms with van der Waals surface area (Å²) in [6.07, 6.45) is 5.40. The topological polar surface area (TPSA) is 59.8 Å². The highest BCUT2D eigenvalue weighted by atomic mass is 16.1. The number of nitrogens with zero attached hydrogens (tertiary/aromatic N) is 3. The van der Waals surface area contributed by atoms with Crippen LogP contribution in [0.2, 0.25) is 0 Å². The van der Waals surface area contributed by atoms with Crippen LogP contribution in [0, 0.1) is 17.8 Å². The number of carbonyl (C=O) groups excluding carboxylic acids is 1. The van der Waals surface area contributed by atoms with E-state index >= 15 is 0 Å². The van der Waals surface area contributed by atoms with Gasteiger partial charge >= 0.3 is 0 Å². The highest BCUT2D eigenvalue weighted by Gasteiger charge is 2.42. The number of nitrogens with one attached hydrogen (secondary N) is 1. The summed E-state index contributed by atoms with van der Waals surface area (Å²) in [5.74, 6) is 2.39. The quantitative estimate of drug-likeness (QED) is 0.944. The molecule has 5 nitrogen and oxygen atoms in total. The second-order valence-electron chi connectivity index (χ2n) is 7.21. The maximum Gasteiger partial charge on any atom is 0.251 e. The third kappa shape index (κ3) is 2.52. The lowest BCUT2D eigenvalue weighted by Crippen LogP contribution is -2.40. The van der Waals surface area contributed by atoms with Gasteiger partial charge in [-0.2, -0.15) is 0 Å². The van der Waals surface area contributed by atoms with Crippen molar-refractivity contribution in [1.82, 2.24) is 20.3 Å². The maximum atomic E-state index is 12.6. The van der Waals surface area contributed by atoms with Gasteiger partial charge in [0.1, 0.15) is 5.52 Å². The molecule has 2 aliphatic rings. The number of fused-ring (bicyclic) bond motifs is 3. The number of benzene rings is 1. The van der Waals surface area contributed by atoms with Crippen molar-refractivity contribution in [2.75, 3.05) is 0 Å². The fourth-order valence-corrected chi connectivity index (χ4v) is 4.65. The molecule has 0 radical (unpaired) electrons. The zero-order valence-electron chi connectivity index (χ0n) is 13.8. The van der Waals surface area contributed by atoms with Crippen LogP contribution in [0.4, 0.5) is 0 Å². The molecule has 2 bridgehead atoms. The van der Waals surface area contributed by atoms with Gasteiger partial charge in [0.05, 0.1) is 5.52 Å². The normalized spacial score (nSPS) is 27.5. The third-order valence-electron chi connectivity index (χ3n) is 5.87. The molecule has 1 aromatic heterocycles. The predicted molar refractivity (Wildman–Crippen MR) is 89.1 cm³/mol. The van der Waals surface area contributed by atoms with Crippen molar-refractivity contribution >= 4 is 16.9 Å². The Bertz CT molecular complexity index is 738. The van der Waals surface area contributed by atoms with E-state index in [4.69, 9.17) is 0 Å². The van der Waals surface area contributed by atoms with Crippen molar-refractivity contribution in [1.29, 1.82) is 0 Å². The van der Waals surface area contributed by atoms with E-state index in [-0.39, 0.29) is 11.9 Å². The first kappa shape index (κ1) is 14.7. The highest BCUT2D eigenvalue weighted by Crippen LogP contribution is 2.49. The van der Waals surface area contributed by atoms with E-state index in [0.29, 0.717) is 11.5 Å². The van der Waals surface area contributed by atoms with Crippen molar-refractivity contribution in [3.05, 3.63) is 23.8 Å². The van der Waals surface area contributed by atoms with Crippen LogP contribution < -0.4 is 5.32 Å². The minimum absolute atomic E-state index is 0.00761. The Morgan fingerprint density at radius 3 is 2.96 bits per heavy atom. The number of aromatic nitrogens is 3. The Balaban J connectivity index is 1.48. The number of hydrogen-bond acceptors (Lipinski definition) is 3. The van der Waals surface area contributed by atoms with Crippen LogP contribution in [-0.2, 0) is 6.54 Å². The summed E-state index contributed by atoms with van der Waals surface area (Å²) in [5.41, 5.74) is 2.44. The molecule has 4 atom stereocenters. The lowest BCUT2D eigenvalue weighted by molar-refractivity contribution is 0.0915. The summed E-state index contributed by atoms with van der Waals surface area (Å²) in [4.78, 5) is 12.6. The van der Waals surface area contributed by atoms with Gasteiger partial charge in [0.25, 0.3) is 5.91 Å². The number of carbonyl (C=O) groups is 1. The molecule has 1 aromatic carbocycles. The minimum Gasteiger partial charge on any atom is -0.349 e. The summed E-state index contributed by atoms with van der Waals surface area (Å²) in [6.45, 7) is 4.98. The second-order valence-corrected chi connectivity index (χ2v) is 7.21. The van der Waals surface area contributed by atoms with Crippen LogP contribution in [0.15, 0.2) is 18.2 Å². The van der Waals surface area contributed by atoms with E-state index in [0.717, 1.165) is 29.4 Å². The van der Waals surface area contributed by atoms with E-state index in [2.05, 4.69) is 22.6 Å². The third-order valence-corrected chi connectivity index (χ3v) is 5.87. The molecule has 23 heavy (non-hydrogen) atoms. The summed E-state index contributed by atoms with van der Waals surface area (Å²) in [6, 6.07) is 5.91. The molecule has 1 N–H and O–H groups in total. The number of rotatable bonds is 4. The van der Waals surface area contributed by atoms with Gasteiger partial charge in [0, 0.05) is 18.2 Å². The average molecular weight is 312 g/mol. The molecule has 1 amide bonds. The van der Waals surface area contributed by atoms with E-state index in [1.165, 1.54) is 25.7 Å².